The number of nitrogens with one attached hydrogen (secondary N) is 1. The lowest BCUT2D eigenvalue weighted by molar-refractivity contribution is 0.0897. The number of aromatic nitrogens is 2. The third kappa shape index (κ3) is 1.87. The summed E-state index contributed by atoms with van der Waals surface area (Å²) < 4.78 is 1.68. The molecule has 0 spiro atoms. The molecule has 2 unspecified atom stereocenters. The van der Waals surface area contributed by atoms with Crippen LogP contribution >= 0.6 is 11.6 Å². The standard InChI is InChI=1S/C11H16ClN3O/c1-3-15-10(9(12)6-14-15)11(16)8-5-13-4-7(8)2/h6-8,13H,3-5H2,1-2H3. The molecular weight excluding hydrogens is 226 g/mol. The molecule has 0 amide bonds. The molecule has 1 aromatic rings. The minimum Gasteiger partial charge on any atom is -0.316 e. The number of halogens is 1. The van der Waals surface area contributed by atoms with Crippen LogP contribution in [0, 0.1) is 11.8 Å². The van der Waals surface area contributed by atoms with Gasteiger partial charge in [0.2, 0.25) is 0 Å². The quantitative estimate of drug-likeness (QED) is 0.818. The number of aryl methyl sites for hydroxylation is 1. The molecule has 0 saturated carbocycles. The van der Waals surface area contributed by atoms with Crippen molar-refractivity contribution in [3.63, 3.8) is 0 Å². The number of carbonyl (C=O) groups excluding carboxylic acids is 1. The topological polar surface area (TPSA) is 46.9 Å². The third-order valence-corrected chi connectivity index (χ3v) is 3.46. The van der Waals surface area contributed by atoms with Crippen molar-refractivity contribution in [2.75, 3.05) is 13.1 Å². The molecule has 1 fully saturated rings. The number of ketones is 1. The van der Waals surface area contributed by atoms with Crippen LogP contribution in [0.1, 0.15) is 24.3 Å². The van der Waals surface area contributed by atoms with E-state index in [1.807, 2.05) is 6.92 Å². The Hall–Kier alpha value is -0.870. The van der Waals surface area contributed by atoms with Crippen LogP contribution in [0.3, 0.4) is 0 Å². The highest BCUT2D eigenvalue weighted by Crippen LogP contribution is 2.25. The van der Waals surface area contributed by atoms with Gasteiger partial charge in [-0.25, -0.2) is 0 Å². The van der Waals surface area contributed by atoms with Crippen molar-refractivity contribution >= 4 is 17.4 Å². The molecule has 1 aromatic heterocycles. The molecule has 5 heteroatoms. The fourth-order valence-corrected chi connectivity index (χ4v) is 2.42. The lowest BCUT2D eigenvalue weighted by atomic mass is 9.92. The number of rotatable bonds is 3. The molecular formula is C11H16ClN3O. The highest BCUT2D eigenvalue weighted by atomic mass is 35.5. The predicted molar refractivity (Wildman–Crippen MR) is 62.8 cm³/mol. The highest BCUT2D eigenvalue weighted by molar-refractivity contribution is 6.33. The van der Waals surface area contributed by atoms with Gasteiger partial charge in [-0.1, -0.05) is 18.5 Å². The van der Waals surface area contributed by atoms with Crippen LogP contribution in [0.4, 0.5) is 0 Å². The molecule has 0 radical (unpaired) electrons. The van der Waals surface area contributed by atoms with Gasteiger partial charge < -0.3 is 5.32 Å². The normalized spacial score (nSPS) is 24.9. The zero-order valence-corrected chi connectivity index (χ0v) is 10.3. The van der Waals surface area contributed by atoms with Crippen molar-refractivity contribution in [2.45, 2.75) is 20.4 Å². The van der Waals surface area contributed by atoms with Crippen LogP contribution in [-0.2, 0) is 6.54 Å². The zero-order chi connectivity index (χ0) is 11.7. The molecule has 1 aliphatic heterocycles. The summed E-state index contributed by atoms with van der Waals surface area (Å²) >= 11 is 6.02. The molecule has 0 aromatic carbocycles. The number of Topliss-reactive ketones (excluding diaryl/α,β-unsaturated/α-hetero) is 1. The van der Waals surface area contributed by atoms with Gasteiger partial charge in [-0.3, -0.25) is 9.48 Å². The Bertz CT molecular complexity index is 402. The molecule has 2 rings (SSSR count). The average Bonchev–Trinajstić information content (AvgIpc) is 2.83. The van der Waals surface area contributed by atoms with E-state index >= 15 is 0 Å². The second kappa shape index (κ2) is 4.55. The van der Waals surface area contributed by atoms with E-state index < -0.39 is 0 Å². The van der Waals surface area contributed by atoms with E-state index in [0.29, 0.717) is 23.2 Å². The first-order valence-electron chi connectivity index (χ1n) is 5.61. The fourth-order valence-electron chi connectivity index (χ4n) is 2.18. The largest absolute Gasteiger partial charge is 0.316 e. The minimum absolute atomic E-state index is 0.0273. The van der Waals surface area contributed by atoms with Crippen LogP contribution in [0.2, 0.25) is 5.02 Å². The van der Waals surface area contributed by atoms with Gasteiger partial charge in [0.15, 0.2) is 5.78 Å². The van der Waals surface area contributed by atoms with Crippen LogP contribution in [0.5, 0.6) is 0 Å². The van der Waals surface area contributed by atoms with Gasteiger partial charge in [-0.2, -0.15) is 5.10 Å². The lowest BCUT2D eigenvalue weighted by Crippen LogP contribution is -2.24. The van der Waals surface area contributed by atoms with E-state index in [4.69, 9.17) is 11.6 Å². The Kier molecular flexibility index (Phi) is 3.30. The van der Waals surface area contributed by atoms with Crippen LogP contribution in [0.25, 0.3) is 0 Å². The fraction of sp³-hybridized carbons (Fsp3) is 0.636. The van der Waals surface area contributed by atoms with E-state index in [2.05, 4.69) is 17.3 Å². The molecule has 1 saturated heterocycles. The summed E-state index contributed by atoms with van der Waals surface area (Å²) in [5.41, 5.74) is 0.560. The third-order valence-electron chi connectivity index (χ3n) is 3.18. The smallest absolute Gasteiger partial charge is 0.187 e. The molecule has 0 bridgehead atoms. The number of carbonyl (C=O) groups is 1. The first-order valence-corrected chi connectivity index (χ1v) is 5.99. The summed E-state index contributed by atoms with van der Waals surface area (Å²) in [5.74, 6) is 0.505. The van der Waals surface area contributed by atoms with Crippen molar-refractivity contribution in [3.8, 4) is 0 Å². The van der Waals surface area contributed by atoms with E-state index in [0.717, 1.165) is 13.1 Å². The summed E-state index contributed by atoms with van der Waals surface area (Å²) in [6.07, 6.45) is 1.55. The van der Waals surface area contributed by atoms with Crippen LogP contribution in [-0.4, -0.2) is 28.7 Å². The molecule has 2 atom stereocenters. The molecule has 1 aliphatic rings. The van der Waals surface area contributed by atoms with E-state index in [9.17, 15) is 4.79 Å². The number of hydrogen-bond acceptors (Lipinski definition) is 3. The Balaban J connectivity index is 2.29. The monoisotopic (exact) mass is 241 g/mol. The van der Waals surface area contributed by atoms with Crippen molar-refractivity contribution in [2.24, 2.45) is 11.8 Å². The van der Waals surface area contributed by atoms with E-state index in [1.54, 1.807) is 10.9 Å². The molecule has 88 valence electrons. The minimum atomic E-state index is 0.0273. The highest BCUT2D eigenvalue weighted by Gasteiger charge is 2.33. The van der Waals surface area contributed by atoms with Crippen molar-refractivity contribution in [1.29, 1.82) is 0 Å². The predicted octanol–water partition coefficient (Wildman–Crippen LogP) is 1.59. The summed E-state index contributed by atoms with van der Waals surface area (Å²) in [6.45, 7) is 6.35. The lowest BCUT2D eigenvalue weighted by Gasteiger charge is -2.13. The van der Waals surface area contributed by atoms with Gasteiger partial charge in [0.05, 0.1) is 11.2 Å². The molecule has 16 heavy (non-hydrogen) atoms. The van der Waals surface area contributed by atoms with Crippen molar-refractivity contribution in [1.82, 2.24) is 15.1 Å². The van der Waals surface area contributed by atoms with Crippen LogP contribution < -0.4 is 5.32 Å². The summed E-state index contributed by atoms with van der Waals surface area (Å²) in [5, 5.41) is 7.79. The maximum absolute atomic E-state index is 12.3. The zero-order valence-electron chi connectivity index (χ0n) is 9.53. The SMILES string of the molecule is CCn1ncc(Cl)c1C(=O)C1CNCC1C. The Morgan fingerprint density at radius 3 is 3.00 bits per heavy atom. The average molecular weight is 242 g/mol. The molecule has 2 heterocycles. The van der Waals surface area contributed by atoms with E-state index in [1.165, 1.54) is 0 Å². The Morgan fingerprint density at radius 1 is 1.69 bits per heavy atom. The van der Waals surface area contributed by atoms with Gasteiger partial charge in [-0.15, -0.1) is 0 Å². The van der Waals surface area contributed by atoms with Gasteiger partial charge >= 0.3 is 0 Å². The second-order valence-electron chi connectivity index (χ2n) is 4.26. The van der Waals surface area contributed by atoms with E-state index in [-0.39, 0.29) is 11.7 Å². The Morgan fingerprint density at radius 2 is 2.44 bits per heavy atom. The van der Waals surface area contributed by atoms with Crippen molar-refractivity contribution in [3.05, 3.63) is 16.9 Å². The van der Waals surface area contributed by atoms with Crippen LogP contribution in [0.15, 0.2) is 6.20 Å². The Labute approximate surface area is 100.0 Å². The van der Waals surface area contributed by atoms with Gasteiger partial charge in [0, 0.05) is 19.0 Å². The summed E-state index contributed by atoms with van der Waals surface area (Å²) in [6, 6.07) is 0. The first-order chi connectivity index (χ1) is 7.65. The molecule has 0 aliphatic carbocycles. The second-order valence-corrected chi connectivity index (χ2v) is 4.67. The number of hydrogen-bond donors (Lipinski definition) is 1. The summed E-state index contributed by atoms with van der Waals surface area (Å²) in [4.78, 5) is 12.3. The van der Waals surface area contributed by atoms with Gasteiger partial charge in [0.1, 0.15) is 5.69 Å². The van der Waals surface area contributed by atoms with Crippen molar-refractivity contribution < 1.29 is 4.79 Å². The summed E-state index contributed by atoms with van der Waals surface area (Å²) in [7, 11) is 0. The van der Waals surface area contributed by atoms with Gasteiger partial charge in [-0.05, 0) is 19.4 Å². The maximum atomic E-state index is 12.3. The van der Waals surface area contributed by atoms with Gasteiger partial charge in [0.25, 0.3) is 0 Å². The maximum Gasteiger partial charge on any atom is 0.187 e. The number of nitrogens with zero attached hydrogens (tertiary/aromatic N) is 2. The molecule has 1 N–H and O–H groups in total. The molecule has 4 nitrogen and oxygen atoms in total. The first kappa shape index (κ1) is 11.6.